The van der Waals surface area contributed by atoms with Crippen molar-refractivity contribution in [1.82, 2.24) is 0 Å². The molecule has 5 nitrogen and oxygen atoms in total. The van der Waals surface area contributed by atoms with Gasteiger partial charge < -0.3 is 13.9 Å². The predicted octanol–water partition coefficient (Wildman–Crippen LogP) is 4.83. The topological polar surface area (TPSA) is 80.7 Å². The number of benzene rings is 2. The number of hydrogen-bond acceptors (Lipinski definition) is 5. The van der Waals surface area contributed by atoms with Crippen molar-refractivity contribution in [3.8, 4) is 5.75 Å². The first kappa shape index (κ1) is 19.4. The minimum atomic E-state index is -0.347. The quantitative estimate of drug-likeness (QED) is 0.443. The van der Waals surface area contributed by atoms with E-state index in [4.69, 9.17) is 8.83 Å². The van der Waals surface area contributed by atoms with Crippen molar-refractivity contribution in [2.75, 3.05) is 0 Å². The van der Waals surface area contributed by atoms with Gasteiger partial charge >= 0.3 is 11.3 Å². The fraction of sp³-hybridized carbons (Fsp3) is 0.217. The summed E-state index contributed by atoms with van der Waals surface area (Å²) in [7, 11) is 0. The van der Waals surface area contributed by atoms with Crippen LogP contribution in [0.2, 0.25) is 0 Å². The molecule has 0 saturated heterocycles. The van der Waals surface area contributed by atoms with Gasteiger partial charge in [0.2, 0.25) is 0 Å². The van der Waals surface area contributed by atoms with Crippen LogP contribution in [0.15, 0.2) is 54.8 Å². The van der Waals surface area contributed by atoms with E-state index < -0.39 is 0 Å². The molecule has 4 rings (SSSR count). The summed E-state index contributed by atoms with van der Waals surface area (Å²) in [6, 6.07) is 10.7. The first-order chi connectivity index (χ1) is 13.2. The lowest BCUT2D eigenvalue weighted by Crippen LogP contribution is -2.05. The third-order valence-corrected chi connectivity index (χ3v) is 5.05. The minimum Gasteiger partial charge on any atom is -0.508 e. The van der Waals surface area contributed by atoms with Gasteiger partial charge in [0, 0.05) is 28.0 Å². The molecule has 28 heavy (non-hydrogen) atoms. The van der Waals surface area contributed by atoms with Crippen molar-refractivity contribution < 1.29 is 13.9 Å². The molecular formula is C23H22O5. The van der Waals surface area contributed by atoms with Crippen molar-refractivity contribution >= 4 is 21.9 Å². The zero-order chi connectivity index (χ0) is 20.6. The average molecular weight is 378 g/mol. The molecule has 0 atom stereocenters. The number of phenolic OH excluding ortho intramolecular Hbond substituents is 1. The average Bonchev–Trinajstić information content (AvgIpc) is 2.64. The van der Waals surface area contributed by atoms with Gasteiger partial charge in [-0.15, -0.1) is 0 Å². The first-order valence-electron chi connectivity index (χ1n) is 8.92. The van der Waals surface area contributed by atoms with E-state index in [2.05, 4.69) is 0 Å². The van der Waals surface area contributed by atoms with Crippen molar-refractivity contribution in [3.05, 3.63) is 85.1 Å². The Hall–Kier alpha value is -3.34. The second-order valence-corrected chi connectivity index (χ2v) is 6.96. The smallest absolute Gasteiger partial charge is 0.339 e. The summed E-state index contributed by atoms with van der Waals surface area (Å²) < 4.78 is 10.2. The van der Waals surface area contributed by atoms with Gasteiger partial charge in [-0.2, -0.15) is 0 Å². The summed E-state index contributed by atoms with van der Waals surface area (Å²) in [6.07, 6.45) is 0. The van der Waals surface area contributed by atoms with Crippen LogP contribution >= 0.6 is 0 Å². The van der Waals surface area contributed by atoms with Gasteiger partial charge in [-0.05, 0) is 69.5 Å². The van der Waals surface area contributed by atoms with E-state index >= 15 is 0 Å². The summed E-state index contributed by atoms with van der Waals surface area (Å²) >= 11 is 0. The Morgan fingerprint density at radius 2 is 1.11 bits per heavy atom. The molecular weight excluding hydrogens is 356 g/mol. The Kier molecular flexibility index (Phi) is 5.10. The van der Waals surface area contributed by atoms with Crippen LogP contribution in [0.1, 0.15) is 27.8 Å². The number of aromatic hydroxyl groups is 1. The number of fused-ring (bicyclic) bond motifs is 2. The maximum atomic E-state index is 11.4. The maximum Gasteiger partial charge on any atom is 0.339 e. The number of phenols is 1. The zero-order valence-electron chi connectivity index (χ0n) is 16.5. The van der Waals surface area contributed by atoms with E-state index in [1.165, 1.54) is 6.07 Å². The van der Waals surface area contributed by atoms with Gasteiger partial charge in [0.25, 0.3) is 0 Å². The molecule has 144 valence electrons. The number of rotatable bonds is 0. The molecule has 4 aromatic rings. The van der Waals surface area contributed by atoms with E-state index in [-0.39, 0.29) is 17.0 Å². The van der Waals surface area contributed by atoms with Gasteiger partial charge in [0.05, 0.1) is 0 Å². The van der Waals surface area contributed by atoms with Crippen molar-refractivity contribution in [1.29, 1.82) is 0 Å². The van der Waals surface area contributed by atoms with Crippen LogP contribution in [-0.2, 0) is 0 Å². The lowest BCUT2D eigenvalue weighted by Gasteiger charge is -2.03. The molecule has 0 aliphatic carbocycles. The Balaban J connectivity index is 0.000000161. The fourth-order valence-electron chi connectivity index (χ4n) is 2.99. The number of aryl methyl sites for hydroxylation is 3. The molecule has 2 aromatic carbocycles. The van der Waals surface area contributed by atoms with Gasteiger partial charge in [-0.1, -0.05) is 12.1 Å². The zero-order valence-corrected chi connectivity index (χ0v) is 16.5. The molecule has 0 unspecified atom stereocenters. The first-order valence-corrected chi connectivity index (χ1v) is 8.92. The molecule has 0 radical (unpaired) electrons. The molecule has 2 aromatic heterocycles. The highest BCUT2D eigenvalue weighted by Crippen LogP contribution is 2.22. The lowest BCUT2D eigenvalue weighted by atomic mass is 10.1. The molecule has 0 fully saturated rings. The van der Waals surface area contributed by atoms with E-state index in [1.807, 2.05) is 39.0 Å². The van der Waals surface area contributed by atoms with Crippen molar-refractivity contribution in [2.24, 2.45) is 0 Å². The molecule has 0 saturated carbocycles. The summed E-state index contributed by atoms with van der Waals surface area (Å²) in [5.74, 6) is 0.101. The van der Waals surface area contributed by atoms with Gasteiger partial charge in [0.15, 0.2) is 0 Å². The maximum absolute atomic E-state index is 11.4. The second kappa shape index (κ2) is 7.35. The monoisotopic (exact) mass is 378 g/mol. The summed E-state index contributed by atoms with van der Waals surface area (Å²) in [5.41, 5.74) is 4.85. The van der Waals surface area contributed by atoms with Crippen LogP contribution in [0.3, 0.4) is 0 Å². The van der Waals surface area contributed by atoms with Crippen molar-refractivity contribution in [3.63, 3.8) is 0 Å². The van der Waals surface area contributed by atoms with Crippen LogP contribution in [0.25, 0.3) is 21.9 Å². The standard InChI is InChI=1S/C12H12O2.C11H10O3/c1-7-4-5-10-8(2)9(3)12(13)14-11(10)6-7;1-6-7(2)11(13)14-10-5-8(12)3-4-9(6)10/h4-6H,1-3H3;3-5,12H,1-2H3. The Morgan fingerprint density at radius 1 is 0.643 bits per heavy atom. The molecule has 0 amide bonds. The number of hydrogen-bond donors (Lipinski definition) is 1. The van der Waals surface area contributed by atoms with Crippen LogP contribution in [-0.4, -0.2) is 5.11 Å². The summed E-state index contributed by atoms with van der Waals surface area (Å²) in [6.45, 7) is 9.32. The third-order valence-electron chi connectivity index (χ3n) is 5.05. The highest BCUT2D eigenvalue weighted by atomic mass is 16.4. The molecule has 0 spiro atoms. The summed E-state index contributed by atoms with van der Waals surface area (Å²) in [5, 5.41) is 11.1. The van der Waals surface area contributed by atoms with E-state index in [1.54, 1.807) is 26.0 Å². The largest absolute Gasteiger partial charge is 0.508 e. The highest BCUT2D eigenvalue weighted by molar-refractivity contribution is 5.82. The van der Waals surface area contributed by atoms with E-state index in [0.29, 0.717) is 22.3 Å². The Bertz CT molecular complexity index is 1210. The van der Waals surface area contributed by atoms with E-state index in [0.717, 1.165) is 27.5 Å². The van der Waals surface area contributed by atoms with Crippen LogP contribution < -0.4 is 11.3 Å². The fourth-order valence-corrected chi connectivity index (χ4v) is 2.99. The molecule has 1 N–H and O–H groups in total. The van der Waals surface area contributed by atoms with Gasteiger partial charge in [0.1, 0.15) is 16.9 Å². The van der Waals surface area contributed by atoms with E-state index in [9.17, 15) is 14.7 Å². The molecule has 0 aliphatic heterocycles. The molecule has 0 bridgehead atoms. The van der Waals surface area contributed by atoms with Gasteiger partial charge in [-0.25, -0.2) is 9.59 Å². The SMILES string of the molecule is Cc1c(C)c2ccc(O)cc2oc1=O.Cc1ccc2c(C)c(C)c(=O)oc2c1. The van der Waals surface area contributed by atoms with Crippen LogP contribution in [0.4, 0.5) is 0 Å². The molecule has 5 heteroatoms. The predicted molar refractivity (Wildman–Crippen MR) is 110 cm³/mol. The van der Waals surface area contributed by atoms with Gasteiger partial charge in [-0.3, -0.25) is 0 Å². The summed E-state index contributed by atoms with van der Waals surface area (Å²) in [4.78, 5) is 22.7. The lowest BCUT2D eigenvalue weighted by molar-refractivity contribution is 0.473. The van der Waals surface area contributed by atoms with Crippen LogP contribution in [0.5, 0.6) is 5.75 Å². The minimum absolute atomic E-state index is 0.101. The Labute approximate surface area is 161 Å². The normalized spacial score (nSPS) is 10.8. The second-order valence-electron chi connectivity index (χ2n) is 6.96. The highest BCUT2D eigenvalue weighted by Gasteiger charge is 2.07. The molecule has 0 aliphatic rings. The molecule has 2 heterocycles. The Morgan fingerprint density at radius 3 is 1.64 bits per heavy atom. The van der Waals surface area contributed by atoms with Crippen molar-refractivity contribution in [2.45, 2.75) is 34.6 Å². The third kappa shape index (κ3) is 3.56. The van der Waals surface area contributed by atoms with Crippen LogP contribution in [0, 0.1) is 34.6 Å².